The summed E-state index contributed by atoms with van der Waals surface area (Å²) in [5.41, 5.74) is 4.50. The summed E-state index contributed by atoms with van der Waals surface area (Å²) < 4.78 is 23.6. The third-order valence-electron chi connectivity index (χ3n) is 5.58. The fraction of sp³-hybridized carbons (Fsp3) is 0.261. The van der Waals surface area contributed by atoms with Gasteiger partial charge in [-0.05, 0) is 41.5 Å². The molecule has 3 heterocycles. The molecule has 1 N–H and O–H groups in total. The minimum absolute atomic E-state index is 0.0610. The summed E-state index contributed by atoms with van der Waals surface area (Å²) in [6.07, 6.45) is 4.09. The van der Waals surface area contributed by atoms with Crippen molar-refractivity contribution in [2.45, 2.75) is 25.8 Å². The maximum atomic E-state index is 13.3. The van der Waals surface area contributed by atoms with Crippen molar-refractivity contribution in [3.8, 4) is 11.3 Å². The maximum absolute atomic E-state index is 13.3. The topological polar surface area (TPSA) is 44.0 Å². The number of imidazole rings is 1. The second kappa shape index (κ2) is 7.46. The number of aromatic nitrogens is 3. The van der Waals surface area contributed by atoms with Gasteiger partial charge < -0.3 is 19.2 Å². The van der Waals surface area contributed by atoms with E-state index in [0.29, 0.717) is 6.61 Å². The number of rotatable bonds is 5. The van der Waals surface area contributed by atoms with Crippen molar-refractivity contribution in [1.29, 1.82) is 0 Å². The van der Waals surface area contributed by atoms with Gasteiger partial charge >= 0.3 is 0 Å². The Hall–Kier alpha value is -2.96. The van der Waals surface area contributed by atoms with Gasteiger partial charge in [-0.15, -0.1) is 0 Å². The van der Waals surface area contributed by atoms with E-state index in [9.17, 15) is 4.39 Å². The van der Waals surface area contributed by atoms with Crippen LogP contribution in [0.2, 0.25) is 0 Å². The molecule has 0 saturated carbocycles. The molecule has 0 aliphatic carbocycles. The third-order valence-corrected chi connectivity index (χ3v) is 5.58. The van der Waals surface area contributed by atoms with Gasteiger partial charge in [0.25, 0.3) is 0 Å². The molecule has 5 rings (SSSR count). The Kier molecular flexibility index (Phi) is 4.66. The molecule has 29 heavy (non-hydrogen) atoms. The Labute approximate surface area is 168 Å². The average Bonchev–Trinajstić information content (AvgIpc) is 3.30. The first-order valence-corrected chi connectivity index (χ1v) is 9.84. The van der Waals surface area contributed by atoms with Crippen LogP contribution in [-0.4, -0.2) is 26.8 Å². The van der Waals surface area contributed by atoms with Gasteiger partial charge in [0.2, 0.25) is 0 Å². The van der Waals surface area contributed by atoms with E-state index in [1.165, 1.54) is 28.6 Å². The summed E-state index contributed by atoms with van der Waals surface area (Å²) in [7, 11) is 2.08. The normalized spacial score (nSPS) is 16.3. The number of fused-ring (bicyclic) bond motifs is 2. The highest BCUT2D eigenvalue weighted by atomic mass is 19.1. The predicted octanol–water partition coefficient (Wildman–Crippen LogP) is 3.87. The molecular weight excluding hydrogens is 367 g/mol. The Bertz CT molecular complexity index is 1150. The summed E-state index contributed by atoms with van der Waals surface area (Å²) in [5, 5.41) is 4.83. The summed E-state index contributed by atoms with van der Waals surface area (Å²) in [5.74, 6) is 0.681. The number of hydrogen-bond acceptors (Lipinski definition) is 3. The van der Waals surface area contributed by atoms with E-state index in [-0.39, 0.29) is 11.9 Å². The van der Waals surface area contributed by atoms with Gasteiger partial charge in [0, 0.05) is 37.2 Å². The van der Waals surface area contributed by atoms with Crippen LogP contribution in [-0.2, 0) is 31.5 Å². The van der Waals surface area contributed by atoms with Crippen molar-refractivity contribution in [1.82, 2.24) is 19.4 Å². The highest BCUT2D eigenvalue weighted by Crippen LogP contribution is 2.25. The van der Waals surface area contributed by atoms with Gasteiger partial charge in [0.15, 0.2) is 0 Å². The van der Waals surface area contributed by atoms with Crippen LogP contribution < -0.4 is 5.32 Å². The van der Waals surface area contributed by atoms with Crippen LogP contribution >= 0.6 is 0 Å². The fourth-order valence-electron chi connectivity index (χ4n) is 4.09. The highest BCUT2D eigenvalue weighted by molar-refractivity contribution is 5.83. The van der Waals surface area contributed by atoms with Crippen molar-refractivity contribution in [2.24, 2.45) is 7.05 Å². The molecule has 0 saturated heterocycles. The lowest BCUT2D eigenvalue weighted by atomic mass is 10.1. The van der Waals surface area contributed by atoms with E-state index in [1.54, 1.807) is 12.1 Å². The number of para-hydroxylation sites is 1. The minimum atomic E-state index is -0.231. The molecule has 0 amide bonds. The Balaban J connectivity index is 1.27. The molecule has 2 aromatic heterocycles. The number of halogens is 1. The number of benzene rings is 2. The first kappa shape index (κ1) is 18.1. The SMILES string of the molecule is Cn1cc(CNCC2Cn3c(-c4ccc(F)cc4)cnc3CO2)c2ccccc21. The molecule has 1 unspecified atom stereocenters. The number of nitrogens with zero attached hydrogens (tertiary/aromatic N) is 3. The first-order chi connectivity index (χ1) is 14.2. The van der Waals surface area contributed by atoms with Gasteiger partial charge in [-0.3, -0.25) is 0 Å². The zero-order valence-electron chi connectivity index (χ0n) is 16.3. The van der Waals surface area contributed by atoms with Crippen LogP contribution in [0.25, 0.3) is 22.2 Å². The highest BCUT2D eigenvalue weighted by Gasteiger charge is 2.22. The van der Waals surface area contributed by atoms with Crippen molar-refractivity contribution in [3.05, 3.63) is 78.1 Å². The zero-order valence-corrected chi connectivity index (χ0v) is 16.3. The molecule has 2 aromatic carbocycles. The molecule has 0 fully saturated rings. The molecular formula is C23H23FN4O. The van der Waals surface area contributed by atoms with Crippen molar-refractivity contribution in [2.75, 3.05) is 6.54 Å². The van der Waals surface area contributed by atoms with E-state index >= 15 is 0 Å². The van der Waals surface area contributed by atoms with E-state index < -0.39 is 0 Å². The molecule has 1 aliphatic heterocycles. The second-order valence-electron chi connectivity index (χ2n) is 7.52. The quantitative estimate of drug-likeness (QED) is 0.563. The molecule has 6 heteroatoms. The Morgan fingerprint density at radius 3 is 2.86 bits per heavy atom. The molecule has 0 bridgehead atoms. The molecule has 0 radical (unpaired) electrons. The average molecular weight is 390 g/mol. The minimum Gasteiger partial charge on any atom is -0.367 e. The monoisotopic (exact) mass is 390 g/mol. The lowest BCUT2D eigenvalue weighted by molar-refractivity contribution is 0.00327. The standard InChI is InChI=1S/C23H23FN4O/c1-27-13-17(20-4-2-3-5-21(20)27)10-25-11-19-14-28-22(12-26-23(28)15-29-19)16-6-8-18(24)9-7-16/h2-9,12-13,19,25H,10-11,14-15H2,1H3. The number of ether oxygens (including phenoxy) is 1. The second-order valence-corrected chi connectivity index (χ2v) is 7.52. The van der Waals surface area contributed by atoms with E-state index in [2.05, 4.69) is 56.9 Å². The van der Waals surface area contributed by atoms with Crippen molar-refractivity contribution >= 4 is 10.9 Å². The molecule has 0 spiro atoms. The first-order valence-electron chi connectivity index (χ1n) is 9.84. The van der Waals surface area contributed by atoms with Crippen LogP contribution in [0.3, 0.4) is 0 Å². The van der Waals surface area contributed by atoms with Crippen molar-refractivity contribution < 1.29 is 9.13 Å². The molecule has 5 nitrogen and oxygen atoms in total. The van der Waals surface area contributed by atoms with Crippen LogP contribution in [0.15, 0.2) is 60.9 Å². The molecule has 1 aliphatic rings. The third kappa shape index (κ3) is 3.45. The van der Waals surface area contributed by atoms with Gasteiger partial charge in [-0.25, -0.2) is 9.37 Å². The number of aryl methyl sites for hydroxylation is 1. The van der Waals surface area contributed by atoms with Crippen LogP contribution in [0, 0.1) is 5.82 Å². The Morgan fingerprint density at radius 1 is 1.17 bits per heavy atom. The van der Waals surface area contributed by atoms with Gasteiger partial charge in [-0.2, -0.15) is 0 Å². The molecule has 1 atom stereocenters. The lowest BCUT2D eigenvalue weighted by Crippen LogP contribution is -2.36. The zero-order chi connectivity index (χ0) is 19.8. The lowest BCUT2D eigenvalue weighted by Gasteiger charge is -2.26. The van der Waals surface area contributed by atoms with Crippen LogP contribution in [0.5, 0.6) is 0 Å². The maximum Gasteiger partial charge on any atom is 0.135 e. The smallest absolute Gasteiger partial charge is 0.135 e. The van der Waals surface area contributed by atoms with E-state index in [0.717, 1.165) is 36.7 Å². The number of nitrogens with one attached hydrogen (secondary N) is 1. The predicted molar refractivity (Wildman–Crippen MR) is 111 cm³/mol. The summed E-state index contributed by atoms with van der Waals surface area (Å²) in [4.78, 5) is 4.48. The molecule has 148 valence electrons. The van der Waals surface area contributed by atoms with Crippen LogP contribution in [0.1, 0.15) is 11.4 Å². The Morgan fingerprint density at radius 2 is 2.00 bits per heavy atom. The molecule has 4 aromatic rings. The summed E-state index contributed by atoms with van der Waals surface area (Å²) >= 11 is 0. The fourth-order valence-corrected chi connectivity index (χ4v) is 4.09. The largest absolute Gasteiger partial charge is 0.367 e. The van der Waals surface area contributed by atoms with Gasteiger partial charge in [0.05, 0.1) is 24.5 Å². The summed E-state index contributed by atoms with van der Waals surface area (Å²) in [6, 6.07) is 15.0. The number of hydrogen-bond donors (Lipinski definition) is 1. The van der Waals surface area contributed by atoms with Gasteiger partial charge in [0.1, 0.15) is 18.2 Å². The van der Waals surface area contributed by atoms with Crippen molar-refractivity contribution in [3.63, 3.8) is 0 Å². The van der Waals surface area contributed by atoms with Crippen LogP contribution in [0.4, 0.5) is 4.39 Å². The summed E-state index contributed by atoms with van der Waals surface area (Å²) in [6.45, 7) is 2.76. The van der Waals surface area contributed by atoms with E-state index in [1.807, 2.05) is 6.20 Å². The van der Waals surface area contributed by atoms with E-state index in [4.69, 9.17) is 4.74 Å². The van der Waals surface area contributed by atoms with Gasteiger partial charge in [-0.1, -0.05) is 18.2 Å².